The predicted molar refractivity (Wildman–Crippen MR) is 73.5 cm³/mol. The number of benzene rings is 2. The maximum absolute atomic E-state index is 13.1. The molecule has 2 atom stereocenters. The highest BCUT2D eigenvalue weighted by molar-refractivity contribution is 9.10. The number of hydrogen-bond acceptors (Lipinski definition) is 2. The van der Waals surface area contributed by atoms with Gasteiger partial charge in [-0.05, 0) is 18.2 Å². The Hall–Kier alpha value is -1.39. The number of rotatable bonds is 1. The number of halogens is 2. The zero-order valence-corrected chi connectivity index (χ0v) is 11.6. The molecule has 3 rings (SSSR count). The van der Waals surface area contributed by atoms with E-state index in [1.54, 1.807) is 6.07 Å². The Morgan fingerprint density at radius 2 is 1.95 bits per heavy atom. The van der Waals surface area contributed by atoms with Crippen molar-refractivity contribution < 1.29 is 14.2 Å². The molecule has 2 nitrogen and oxygen atoms in total. The lowest BCUT2D eigenvalue weighted by Gasteiger charge is -2.30. The summed E-state index contributed by atoms with van der Waals surface area (Å²) in [6.45, 7) is 0. The molecule has 0 amide bonds. The topological polar surface area (TPSA) is 29.5 Å². The van der Waals surface area contributed by atoms with Crippen LogP contribution in [0.5, 0.6) is 5.75 Å². The molecule has 4 heteroatoms. The lowest BCUT2D eigenvalue weighted by molar-refractivity contribution is 0.0654. The van der Waals surface area contributed by atoms with Crippen molar-refractivity contribution in [3.05, 3.63) is 63.9 Å². The molecule has 1 heterocycles. The molecular formula is C15H12BrFO2. The van der Waals surface area contributed by atoms with E-state index in [-0.39, 0.29) is 11.9 Å². The third-order valence-electron chi connectivity index (χ3n) is 3.29. The van der Waals surface area contributed by atoms with Gasteiger partial charge in [-0.15, -0.1) is 0 Å². The second kappa shape index (κ2) is 4.94. The maximum atomic E-state index is 13.1. The summed E-state index contributed by atoms with van der Waals surface area (Å²) < 4.78 is 19.7. The lowest BCUT2D eigenvalue weighted by atomic mass is 9.95. The van der Waals surface area contributed by atoms with Crippen molar-refractivity contribution in [2.75, 3.05) is 0 Å². The second-order valence-corrected chi connectivity index (χ2v) is 5.42. The zero-order valence-electron chi connectivity index (χ0n) is 10.0. The molecule has 0 aromatic heterocycles. The zero-order chi connectivity index (χ0) is 13.4. The number of aliphatic hydroxyl groups is 1. The molecule has 2 aromatic carbocycles. The molecule has 1 unspecified atom stereocenters. The summed E-state index contributed by atoms with van der Waals surface area (Å²) in [7, 11) is 0. The van der Waals surface area contributed by atoms with Crippen molar-refractivity contribution >= 4 is 15.9 Å². The van der Waals surface area contributed by atoms with Gasteiger partial charge in [-0.3, -0.25) is 0 Å². The fourth-order valence-corrected chi connectivity index (χ4v) is 2.95. The molecule has 0 spiro atoms. The molecule has 2 aromatic rings. The van der Waals surface area contributed by atoms with Gasteiger partial charge in [0.1, 0.15) is 17.7 Å². The minimum atomic E-state index is -0.563. The van der Waals surface area contributed by atoms with Gasteiger partial charge >= 0.3 is 0 Å². The highest BCUT2D eigenvalue weighted by Gasteiger charge is 2.28. The van der Waals surface area contributed by atoms with Crippen LogP contribution in [0.3, 0.4) is 0 Å². The summed E-state index contributed by atoms with van der Waals surface area (Å²) in [5.41, 5.74) is 1.65. The van der Waals surface area contributed by atoms with Crippen LogP contribution in [-0.4, -0.2) is 5.11 Å². The minimum absolute atomic E-state index is 0.278. The predicted octanol–water partition coefficient (Wildman–Crippen LogP) is 4.15. The summed E-state index contributed by atoms with van der Waals surface area (Å²) in [5.74, 6) is 0.384. The van der Waals surface area contributed by atoms with Gasteiger partial charge in [-0.1, -0.05) is 40.2 Å². The van der Waals surface area contributed by atoms with E-state index in [9.17, 15) is 9.50 Å². The molecule has 0 saturated heterocycles. The normalized spacial score (nSPS) is 21.6. The smallest absolute Gasteiger partial charge is 0.128 e. The van der Waals surface area contributed by atoms with Crippen LogP contribution in [0.1, 0.15) is 29.8 Å². The molecule has 19 heavy (non-hydrogen) atoms. The highest BCUT2D eigenvalue weighted by atomic mass is 79.9. The van der Waals surface area contributed by atoms with Crippen LogP contribution < -0.4 is 4.74 Å². The number of ether oxygens (including phenoxy) is 1. The molecule has 0 bridgehead atoms. The second-order valence-electron chi connectivity index (χ2n) is 4.56. The van der Waals surface area contributed by atoms with Crippen LogP contribution in [0.15, 0.2) is 46.9 Å². The van der Waals surface area contributed by atoms with Crippen molar-refractivity contribution in [3.63, 3.8) is 0 Å². The fourth-order valence-electron chi connectivity index (χ4n) is 2.35. The van der Waals surface area contributed by atoms with E-state index in [1.165, 1.54) is 12.1 Å². The van der Waals surface area contributed by atoms with Gasteiger partial charge in [0.25, 0.3) is 0 Å². The molecule has 0 radical (unpaired) electrons. The van der Waals surface area contributed by atoms with Crippen LogP contribution in [-0.2, 0) is 0 Å². The van der Waals surface area contributed by atoms with Crippen molar-refractivity contribution in [3.8, 4) is 5.75 Å². The Morgan fingerprint density at radius 3 is 2.74 bits per heavy atom. The monoisotopic (exact) mass is 322 g/mol. The number of hydrogen-bond donors (Lipinski definition) is 1. The minimum Gasteiger partial charge on any atom is -0.485 e. The van der Waals surface area contributed by atoms with Gasteiger partial charge in [0.2, 0.25) is 0 Å². The molecule has 1 aliphatic heterocycles. The average molecular weight is 323 g/mol. The Bertz CT molecular complexity index is 615. The van der Waals surface area contributed by atoms with Gasteiger partial charge < -0.3 is 9.84 Å². The SMILES string of the molecule is O[C@@H]1CC(c2ccc(F)cc2Br)Oc2ccccc21. The summed E-state index contributed by atoms with van der Waals surface area (Å²) in [5, 5.41) is 10.2. The fraction of sp³-hybridized carbons (Fsp3) is 0.200. The van der Waals surface area contributed by atoms with Gasteiger partial charge in [-0.25, -0.2) is 4.39 Å². The van der Waals surface area contributed by atoms with E-state index in [4.69, 9.17) is 4.74 Å². The van der Waals surface area contributed by atoms with Crippen molar-refractivity contribution in [1.29, 1.82) is 0 Å². The average Bonchev–Trinajstić information content (AvgIpc) is 2.38. The van der Waals surface area contributed by atoms with Crippen LogP contribution in [0.2, 0.25) is 0 Å². The third kappa shape index (κ3) is 2.38. The van der Waals surface area contributed by atoms with Crippen LogP contribution in [0.4, 0.5) is 4.39 Å². The van der Waals surface area contributed by atoms with Gasteiger partial charge in [0.15, 0.2) is 0 Å². The van der Waals surface area contributed by atoms with E-state index in [1.807, 2.05) is 24.3 Å². The first-order chi connectivity index (χ1) is 9.15. The van der Waals surface area contributed by atoms with Crippen molar-refractivity contribution in [2.24, 2.45) is 0 Å². The van der Waals surface area contributed by atoms with Crippen LogP contribution in [0.25, 0.3) is 0 Å². The summed E-state index contributed by atoms with van der Waals surface area (Å²) in [6, 6.07) is 11.9. The third-order valence-corrected chi connectivity index (χ3v) is 3.98. The Kier molecular flexibility index (Phi) is 3.29. The number of fused-ring (bicyclic) bond motifs is 1. The molecule has 0 aliphatic carbocycles. The van der Waals surface area contributed by atoms with Crippen LogP contribution in [0, 0.1) is 5.82 Å². The molecule has 98 valence electrons. The van der Waals surface area contributed by atoms with E-state index < -0.39 is 6.10 Å². The largest absolute Gasteiger partial charge is 0.485 e. The molecular weight excluding hydrogens is 311 g/mol. The summed E-state index contributed by atoms with van der Waals surface area (Å²) in [6.07, 6.45) is -0.381. The quantitative estimate of drug-likeness (QED) is 0.854. The maximum Gasteiger partial charge on any atom is 0.128 e. The summed E-state index contributed by atoms with van der Waals surface area (Å²) >= 11 is 3.34. The Balaban J connectivity index is 1.97. The molecule has 0 saturated carbocycles. The van der Waals surface area contributed by atoms with Gasteiger partial charge in [0, 0.05) is 22.0 Å². The first kappa shape index (κ1) is 12.6. The molecule has 0 fully saturated rings. The Labute approximate surface area is 119 Å². The first-order valence-corrected chi connectivity index (χ1v) is 6.83. The van der Waals surface area contributed by atoms with E-state index in [0.717, 1.165) is 11.1 Å². The summed E-state index contributed by atoms with van der Waals surface area (Å²) in [4.78, 5) is 0. The lowest BCUT2D eigenvalue weighted by Crippen LogP contribution is -2.19. The standard InChI is InChI=1S/C15H12BrFO2/c16-12-7-9(17)5-6-10(12)15-8-13(18)11-3-1-2-4-14(11)19-15/h1-7,13,15,18H,8H2/t13-,15?/m1/s1. The van der Waals surface area contributed by atoms with Crippen molar-refractivity contribution in [1.82, 2.24) is 0 Å². The Morgan fingerprint density at radius 1 is 1.16 bits per heavy atom. The molecule has 1 N–H and O–H groups in total. The molecule has 1 aliphatic rings. The van der Waals surface area contributed by atoms with Crippen molar-refractivity contribution in [2.45, 2.75) is 18.6 Å². The van der Waals surface area contributed by atoms with Crippen LogP contribution >= 0.6 is 15.9 Å². The van der Waals surface area contributed by atoms with E-state index >= 15 is 0 Å². The number of aliphatic hydroxyl groups excluding tert-OH is 1. The van der Waals surface area contributed by atoms with Gasteiger partial charge in [0.05, 0.1) is 6.10 Å². The first-order valence-electron chi connectivity index (χ1n) is 6.04. The highest BCUT2D eigenvalue weighted by Crippen LogP contribution is 2.42. The van der Waals surface area contributed by atoms with E-state index in [0.29, 0.717) is 16.6 Å². The number of para-hydroxylation sites is 1. The van der Waals surface area contributed by atoms with Gasteiger partial charge in [-0.2, -0.15) is 0 Å². The van der Waals surface area contributed by atoms with E-state index in [2.05, 4.69) is 15.9 Å².